The van der Waals surface area contributed by atoms with Gasteiger partial charge in [0.15, 0.2) is 0 Å². The molecule has 0 aliphatic heterocycles. The fourth-order valence-corrected chi connectivity index (χ4v) is 1.99. The third kappa shape index (κ3) is 1.55. The number of nitrogens with one attached hydrogen (secondary N) is 1. The van der Waals surface area contributed by atoms with Crippen LogP contribution < -0.4 is 11.5 Å². The van der Waals surface area contributed by atoms with Crippen molar-refractivity contribution in [2.75, 3.05) is 11.5 Å². The summed E-state index contributed by atoms with van der Waals surface area (Å²) < 4.78 is 0. The molecular formula is C12H12N6. The molecule has 0 aliphatic rings. The monoisotopic (exact) mass is 240 g/mol. The molecule has 3 aromatic rings. The number of rotatable bonds is 1. The first-order valence-electron chi connectivity index (χ1n) is 5.49. The average molecular weight is 240 g/mol. The van der Waals surface area contributed by atoms with Crippen molar-refractivity contribution >= 4 is 22.8 Å². The molecule has 6 nitrogen and oxygen atoms in total. The van der Waals surface area contributed by atoms with Crippen molar-refractivity contribution in [3.63, 3.8) is 0 Å². The van der Waals surface area contributed by atoms with E-state index in [1.165, 1.54) is 0 Å². The standard InChI is InChI=1S/C12H12N6/c1-6-16-9-4-2-3-7(10(9)17-6)8-5-15-12(14)18-11(8)13/h2-5H,1H3,(H,16,17)(H4,13,14,15,18). The first-order valence-corrected chi connectivity index (χ1v) is 5.49. The van der Waals surface area contributed by atoms with E-state index < -0.39 is 0 Å². The minimum atomic E-state index is 0.168. The molecule has 0 amide bonds. The molecule has 3 rings (SSSR count). The van der Waals surface area contributed by atoms with E-state index in [1.54, 1.807) is 6.20 Å². The SMILES string of the molecule is Cc1nc2c(-c3cnc(N)nc3N)cccc2[nH]1. The minimum absolute atomic E-state index is 0.168. The van der Waals surface area contributed by atoms with Crippen molar-refractivity contribution < 1.29 is 0 Å². The Morgan fingerprint density at radius 1 is 1.11 bits per heavy atom. The zero-order chi connectivity index (χ0) is 12.7. The van der Waals surface area contributed by atoms with Gasteiger partial charge >= 0.3 is 0 Å². The molecule has 0 saturated carbocycles. The first-order chi connectivity index (χ1) is 8.65. The number of para-hydroxylation sites is 1. The first kappa shape index (κ1) is 10.5. The summed E-state index contributed by atoms with van der Waals surface area (Å²) in [4.78, 5) is 15.6. The van der Waals surface area contributed by atoms with Gasteiger partial charge in [0.05, 0.1) is 11.0 Å². The second-order valence-electron chi connectivity index (χ2n) is 4.05. The number of anilines is 2. The van der Waals surface area contributed by atoms with Crippen LogP contribution in [0.15, 0.2) is 24.4 Å². The molecule has 18 heavy (non-hydrogen) atoms. The summed E-state index contributed by atoms with van der Waals surface area (Å²) in [7, 11) is 0. The number of aromatic amines is 1. The molecule has 0 unspecified atom stereocenters. The summed E-state index contributed by atoms with van der Waals surface area (Å²) in [5, 5.41) is 0. The van der Waals surface area contributed by atoms with E-state index in [4.69, 9.17) is 11.5 Å². The summed E-state index contributed by atoms with van der Waals surface area (Å²) in [6.45, 7) is 1.91. The molecule has 6 heteroatoms. The van der Waals surface area contributed by atoms with Crippen molar-refractivity contribution in [2.45, 2.75) is 6.92 Å². The molecular weight excluding hydrogens is 228 g/mol. The Hall–Kier alpha value is -2.63. The lowest BCUT2D eigenvalue weighted by Crippen LogP contribution is -2.01. The van der Waals surface area contributed by atoms with Crippen LogP contribution in [0.4, 0.5) is 11.8 Å². The van der Waals surface area contributed by atoms with Crippen molar-refractivity contribution in [3.8, 4) is 11.1 Å². The number of imidazole rings is 1. The van der Waals surface area contributed by atoms with Crippen LogP contribution in [0.25, 0.3) is 22.2 Å². The number of aromatic nitrogens is 4. The Bertz CT molecular complexity index is 731. The smallest absolute Gasteiger partial charge is 0.221 e. The Morgan fingerprint density at radius 3 is 2.72 bits per heavy atom. The highest BCUT2D eigenvalue weighted by Crippen LogP contribution is 2.29. The molecule has 2 heterocycles. The maximum Gasteiger partial charge on any atom is 0.221 e. The Morgan fingerprint density at radius 2 is 1.94 bits per heavy atom. The fourth-order valence-electron chi connectivity index (χ4n) is 1.99. The van der Waals surface area contributed by atoms with Crippen LogP contribution in [0.1, 0.15) is 5.82 Å². The van der Waals surface area contributed by atoms with Gasteiger partial charge in [0.1, 0.15) is 11.6 Å². The molecule has 2 aromatic heterocycles. The summed E-state index contributed by atoms with van der Waals surface area (Å²) in [6, 6.07) is 5.84. The zero-order valence-electron chi connectivity index (χ0n) is 9.81. The van der Waals surface area contributed by atoms with Crippen LogP contribution >= 0.6 is 0 Å². The fraction of sp³-hybridized carbons (Fsp3) is 0.0833. The molecule has 0 atom stereocenters. The van der Waals surface area contributed by atoms with E-state index in [1.807, 2.05) is 25.1 Å². The maximum absolute atomic E-state index is 5.88. The number of H-pyrrole nitrogens is 1. The highest BCUT2D eigenvalue weighted by molar-refractivity contribution is 5.94. The molecule has 0 saturated heterocycles. The molecule has 0 radical (unpaired) electrons. The van der Waals surface area contributed by atoms with Crippen LogP contribution in [-0.4, -0.2) is 19.9 Å². The summed E-state index contributed by atoms with van der Waals surface area (Å²) >= 11 is 0. The van der Waals surface area contributed by atoms with E-state index in [2.05, 4.69) is 19.9 Å². The van der Waals surface area contributed by atoms with Gasteiger partial charge in [-0.2, -0.15) is 4.98 Å². The lowest BCUT2D eigenvalue weighted by atomic mass is 10.1. The number of nitrogen functional groups attached to an aromatic ring is 2. The van der Waals surface area contributed by atoms with Gasteiger partial charge in [-0.05, 0) is 13.0 Å². The van der Waals surface area contributed by atoms with E-state index in [9.17, 15) is 0 Å². The number of aryl methyl sites for hydroxylation is 1. The summed E-state index contributed by atoms with van der Waals surface area (Å²) in [5.41, 5.74) is 14.8. The average Bonchev–Trinajstić information content (AvgIpc) is 2.69. The Balaban J connectivity index is 2.31. The number of nitrogens with zero attached hydrogens (tertiary/aromatic N) is 3. The molecule has 0 fully saturated rings. The predicted molar refractivity (Wildman–Crippen MR) is 70.7 cm³/mol. The van der Waals surface area contributed by atoms with Crippen LogP contribution in [0.3, 0.4) is 0 Å². The van der Waals surface area contributed by atoms with Crippen molar-refractivity contribution in [1.29, 1.82) is 0 Å². The number of hydrogen-bond acceptors (Lipinski definition) is 5. The lowest BCUT2D eigenvalue weighted by Gasteiger charge is -2.05. The molecule has 0 bridgehead atoms. The molecule has 90 valence electrons. The maximum atomic E-state index is 5.88. The van der Waals surface area contributed by atoms with E-state index >= 15 is 0 Å². The number of hydrogen-bond donors (Lipinski definition) is 3. The largest absolute Gasteiger partial charge is 0.383 e. The highest BCUT2D eigenvalue weighted by atomic mass is 15.0. The zero-order valence-corrected chi connectivity index (χ0v) is 9.81. The molecule has 0 spiro atoms. The Labute approximate surface area is 103 Å². The van der Waals surface area contributed by atoms with E-state index in [0.717, 1.165) is 28.0 Å². The van der Waals surface area contributed by atoms with E-state index in [-0.39, 0.29) is 5.95 Å². The normalized spacial score (nSPS) is 10.9. The lowest BCUT2D eigenvalue weighted by molar-refractivity contribution is 1.17. The summed E-state index contributed by atoms with van der Waals surface area (Å²) in [5.74, 6) is 1.38. The highest BCUT2D eigenvalue weighted by Gasteiger charge is 2.11. The minimum Gasteiger partial charge on any atom is -0.383 e. The van der Waals surface area contributed by atoms with Gasteiger partial charge in [-0.15, -0.1) is 0 Å². The van der Waals surface area contributed by atoms with Crippen LogP contribution in [0, 0.1) is 6.92 Å². The third-order valence-corrected chi connectivity index (χ3v) is 2.76. The topological polar surface area (TPSA) is 106 Å². The van der Waals surface area contributed by atoms with Gasteiger partial charge in [-0.1, -0.05) is 12.1 Å². The van der Waals surface area contributed by atoms with Gasteiger partial charge < -0.3 is 16.5 Å². The quantitative estimate of drug-likeness (QED) is 0.597. The van der Waals surface area contributed by atoms with Crippen LogP contribution in [0.5, 0.6) is 0 Å². The third-order valence-electron chi connectivity index (χ3n) is 2.76. The molecule has 5 N–H and O–H groups in total. The number of fused-ring (bicyclic) bond motifs is 1. The van der Waals surface area contributed by atoms with Crippen molar-refractivity contribution in [1.82, 2.24) is 19.9 Å². The predicted octanol–water partition coefficient (Wildman–Crippen LogP) is 1.49. The van der Waals surface area contributed by atoms with Crippen molar-refractivity contribution in [3.05, 3.63) is 30.2 Å². The van der Waals surface area contributed by atoms with Gasteiger partial charge in [0.2, 0.25) is 5.95 Å². The molecule has 1 aromatic carbocycles. The number of nitrogens with two attached hydrogens (primary N) is 2. The van der Waals surface area contributed by atoms with Gasteiger partial charge in [0.25, 0.3) is 0 Å². The van der Waals surface area contributed by atoms with Gasteiger partial charge in [-0.25, -0.2) is 9.97 Å². The van der Waals surface area contributed by atoms with Gasteiger partial charge in [0, 0.05) is 17.3 Å². The summed E-state index contributed by atoms with van der Waals surface area (Å²) in [6.07, 6.45) is 1.62. The van der Waals surface area contributed by atoms with Gasteiger partial charge in [-0.3, -0.25) is 0 Å². The second-order valence-corrected chi connectivity index (χ2v) is 4.05. The van der Waals surface area contributed by atoms with Crippen LogP contribution in [-0.2, 0) is 0 Å². The number of benzene rings is 1. The van der Waals surface area contributed by atoms with Crippen molar-refractivity contribution in [2.24, 2.45) is 0 Å². The van der Waals surface area contributed by atoms with Crippen LogP contribution in [0.2, 0.25) is 0 Å². The Kier molecular flexibility index (Phi) is 2.16. The van der Waals surface area contributed by atoms with E-state index in [0.29, 0.717) is 5.82 Å². The molecule has 0 aliphatic carbocycles. The second kappa shape index (κ2) is 3.69.